The lowest BCUT2D eigenvalue weighted by atomic mass is 9.68. The number of amides is 1. The molecule has 0 unspecified atom stereocenters. The van der Waals surface area contributed by atoms with Crippen LogP contribution in [0.3, 0.4) is 0 Å². The van der Waals surface area contributed by atoms with Gasteiger partial charge in [-0.15, -0.1) is 0 Å². The molecule has 7 heteroatoms. The average Bonchev–Trinajstić information content (AvgIpc) is 2.77. The summed E-state index contributed by atoms with van der Waals surface area (Å²) in [7, 11) is 0. The van der Waals surface area contributed by atoms with Crippen LogP contribution in [-0.2, 0) is 16.1 Å². The Balaban J connectivity index is 1.48. The van der Waals surface area contributed by atoms with E-state index >= 15 is 0 Å². The number of nitrogens with zero attached hydrogens (tertiary/aromatic N) is 1. The highest BCUT2D eigenvalue weighted by molar-refractivity contribution is 5.88. The van der Waals surface area contributed by atoms with Gasteiger partial charge in [-0.05, 0) is 25.7 Å². The molecule has 2 aliphatic carbocycles. The minimum atomic E-state index is -0.605. The van der Waals surface area contributed by atoms with E-state index in [-0.39, 0.29) is 23.5 Å². The lowest BCUT2D eigenvalue weighted by molar-refractivity contribution is -0.149. The van der Waals surface area contributed by atoms with E-state index in [2.05, 4.69) is 20.0 Å². The van der Waals surface area contributed by atoms with Gasteiger partial charge in [0.15, 0.2) is 5.82 Å². The molecule has 1 aromatic heterocycles. The van der Waals surface area contributed by atoms with Crippen molar-refractivity contribution in [2.45, 2.75) is 37.8 Å². The van der Waals surface area contributed by atoms with E-state index < -0.39 is 5.76 Å². The standard InChI is InChI=1S/C12H15N3O4/c16-9(13-5-8-14-10(17)19-15-8)12-4-7(12)6-18-11(12)2-1-3-11/h7H,1-6H2,(H,13,16)(H,14,15,17)/t7-,12-/m0/s1. The summed E-state index contributed by atoms with van der Waals surface area (Å²) < 4.78 is 10.3. The van der Waals surface area contributed by atoms with E-state index in [1.165, 1.54) is 0 Å². The number of H-pyrrole nitrogens is 1. The van der Waals surface area contributed by atoms with Gasteiger partial charge in [0.25, 0.3) is 0 Å². The number of hydrogen-bond acceptors (Lipinski definition) is 5. The predicted molar refractivity (Wildman–Crippen MR) is 62.0 cm³/mol. The number of hydrogen-bond donors (Lipinski definition) is 2. The number of fused-ring (bicyclic) bond motifs is 2. The second-order valence-corrected chi connectivity index (χ2v) is 5.76. The topological polar surface area (TPSA) is 97.2 Å². The smallest absolute Gasteiger partial charge is 0.374 e. The van der Waals surface area contributed by atoms with Gasteiger partial charge in [0.05, 0.1) is 24.2 Å². The molecule has 3 fully saturated rings. The van der Waals surface area contributed by atoms with Crippen molar-refractivity contribution >= 4 is 5.91 Å². The van der Waals surface area contributed by atoms with Crippen LogP contribution in [0.25, 0.3) is 0 Å². The second-order valence-electron chi connectivity index (χ2n) is 5.76. The Hall–Kier alpha value is -1.63. The van der Waals surface area contributed by atoms with Crippen LogP contribution in [0, 0.1) is 11.3 Å². The zero-order valence-corrected chi connectivity index (χ0v) is 10.4. The number of rotatable bonds is 3. The summed E-state index contributed by atoms with van der Waals surface area (Å²) in [4.78, 5) is 25.7. The van der Waals surface area contributed by atoms with Crippen LogP contribution in [0.2, 0.25) is 0 Å². The normalized spacial score (nSPS) is 33.8. The van der Waals surface area contributed by atoms with Crippen LogP contribution in [0.5, 0.6) is 0 Å². The zero-order chi connectivity index (χ0) is 13.1. The monoisotopic (exact) mass is 265 g/mol. The van der Waals surface area contributed by atoms with Crippen molar-refractivity contribution in [2.75, 3.05) is 6.61 Å². The quantitative estimate of drug-likeness (QED) is 0.798. The van der Waals surface area contributed by atoms with Crippen molar-refractivity contribution in [2.24, 2.45) is 11.3 Å². The zero-order valence-electron chi connectivity index (χ0n) is 10.4. The largest absolute Gasteiger partial charge is 0.438 e. The third kappa shape index (κ3) is 1.33. The highest BCUT2D eigenvalue weighted by Crippen LogP contribution is 2.71. The molecule has 2 atom stereocenters. The first-order valence-corrected chi connectivity index (χ1v) is 6.63. The van der Waals surface area contributed by atoms with Gasteiger partial charge in [-0.2, -0.15) is 0 Å². The molecular formula is C12H15N3O4. The molecule has 1 aliphatic heterocycles. The number of carbonyl (C=O) groups excluding carboxylic acids is 1. The van der Waals surface area contributed by atoms with Crippen molar-refractivity contribution < 1.29 is 14.1 Å². The molecule has 102 valence electrons. The molecule has 2 saturated carbocycles. The van der Waals surface area contributed by atoms with Crippen LogP contribution >= 0.6 is 0 Å². The first-order valence-electron chi connectivity index (χ1n) is 6.63. The fourth-order valence-electron chi connectivity index (χ4n) is 3.71. The summed E-state index contributed by atoms with van der Waals surface area (Å²) in [6, 6.07) is 0. The van der Waals surface area contributed by atoms with Crippen molar-refractivity contribution in [3.8, 4) is 0 Å². The number of aromatic nitrogens is 2. The van der Waals surface area contributed by atoms with Crippen molar-refractivity contribution in [1.29, 1.82) is 0 Å². The van der Waals surface area contributed by atoms with Crippen molar-refractivity contribution in [3.63, 3.8) is 0 Å². The van der Waals surface area contributed by atoms with E-state index in [4.69, 9.17) is 4.74 Å². The SMILES string of the molecule is O=C(NCc1noc(=O)[nH]1)[C@]12C[C@H]1COC21CCC1. The van der Waals surface area contributed by atoms with E-state index in [1.807, 2.05) is 0 Å². The summed E-state index contributed by atoms with van der Waals surface area (Å²) >= 11 is 0. The molecule has 4 rings (SSSR count). The highest BCUT2D eigenvalue weighted by Gasteiger charge is 2.77. The van der Waals surface area contributed by atoms with Gasteiger partial charge in [-0.1, -0.05) is 5.16 Å². The lowest BCUT2D eigenvalue weighted by Crippen LogP contribution is -2.52. The van der Waals surface area contributed by atoms with E-state index in [0.29, 0.717) is 18.3 Å². The van der Waals surface area contributed by atoms with Gasteiger partial charge >= 0.3 is 5.76 Å². The maximum atomic E-state index is 12.5. The van der Waals surface area contributed by atoms with Crippen LogP contribution in [-0.4, -0.2) is 28.3 Å². The maximum Gasteiger partial charge on any atom is 0.438 e. The third-order valence-electron chi connectivity index (χ3n) is 4.95. The Labute approximate surface area is 108 Å². The molecule has 1 saturated heterocycles. The van der Waals surface area contributed by atoms with E-state index in [1.54, 1.807) is 0 Å². The highest BCUT2D eigenvalue weighted by atomic mass is 16.5. The molecule has 3 aliphatic rings. The third-order valence-corrected chi connectivity index (χ3v) is 4.95. The minimum Gasteiger partial charge on any atom is -0.374 e. The van der Waals surface area contributed by atoms with Gasteiger partial charge in [-0.25, -0.2) is 4.79 Å². The number of nitrogens with one attached hydrogen (secondary N) is 2. The summed E-state index contributed by atoms with van der Waals surface area (Å²) in [5, 5.41) is 6.38. The molecule has 1 spiro atoms. The Morgan fingerprint density at radius 1 is 1.53 bits per heavy atom. The summed E-state index contributed by atoms with van der Waals surface area (Å²) in [6.07, 6.45) is 4.03. The fourth-order valence-corrected chi connectivity index (χ4v) is 3.71. The molecular weight excluding hydrogens is 250 g/mol. The molecule has 2 N–H and O–H groups in total. The molecule has 1 amide bonds. The number of carbonyl (C=O) groups is 1. The first-order chi connectivity index (χ1) is 9.16. The molecule has 0 aromatic carbocycles. The molecule has 1 aromatic rings. The van der Waals surface area contributed by atoms with E-state index in [0.717, 1.165) is 25.7 Å². The van der Waals surface area contributed by atoms with Crippen LogP contribution in [0.1, 0.15) is 31.5 Å². The Kier molecular flexibility index (Phi) is 2.05. The second kappa shape index (κ2) is 3.47. The fraction of sp³-hybridized carbons (Fsp3) is 0.750. The molecule has 2 heterocycles. The minimum absolute atomic E-state index is 0.0264. The van der Waals surface area contributed by atoms with Gasteiger partial charge in [0, 0.05) is 5.92 Å². The first kappa shape index (κ1) is 11.2. The molecule has 19 heavy (non-hydrogen) atoms. The van der Waals surface area contributed by atoms with Crippen molar-refractivity contribution in [1.82, 2.24) is 15.5 Å². The maximum absolute atomic E-state index is 12.5. The van der Waals surface area contributed by atoms with Gasteiger partial charge in [-0.3, -0.25) is 14.3 Å². The van der Waals surface area contributed by atoms with Crippen molar-refractivity contribution in [3.05, 3.63) is 16.4 Å². The molecule has 0 radical (unpaired) electrons. The summed E-state index contributed by atoms with van der Waals surface area (Å²) in [5.74, 6) is 0.127. The number of ether oxygens (including phenoxy) is 1. The van der Waals surface area contributed by atoms with Gasteiger partial charge in [0.1, 0.15) is 0 Å². The van der Waals surface area contributed by atoms with E-state index in [9.17, 15) is 9.59 Å². The van der Waals surface area contributed by atoms with Gasteiger partial charge < -0.3 is 10.1 Å². The van der Waals surface area contributed by atoms with Crippen LogP contribution < -0.4 is 11.1 Å². The summed E-state index contributed by atoms with van der Waals surface area (Å²) in [6.45, 7) is 0.892. The molecule has 7 nitrogen and oxygen atoms in total. The predicted octanol–water partition coefficient (Wildman–Crippen LogP) is -0.0617. The summed E-state index contributed by atoms with van der Waals surface area (Å²) in [5.41, 5.74) is -0.533. The Morgan fingerprint density at radius 2 is 2.37 bits per heavy atom. The Morgan fingerprint density at radius 3 is 2.95 bits per heavy atom. The average molecular weight is 265 g/mol. The molecule has 0 bridgehead atoms. The van der Waals surface area contributed by atoms with Crippen LogP contribution in [0.4, 0.5) is 0 Å². The van der Waals surface area contributed by atoms with Crippen LogP contribution in [0.15, 0.2) is 9.32 Å². The lowest BCUT2D eigenvalue weighted by Gasteiger charge is -2.44. The number of aromatic amines is 1. The Bertz CT molecular complexity index is 588. The van der Waals surface area contributed by atoms with Gasteiger partial charge in [0.2, 0.25) is 5.91 Å².